The molecule has 0 aliphatic rings. The lowest BCUT2D eigenvalue weighted by atomic mass is 10.3. The summed E-state index contributed by atoms with van der Waals surface area (Å²) in [5.41, 5.74) is 0. The number of thioether (sulfide) groups is 1. The van der Waals surface area contributed by atoms with Gasteiger partial charge in [0.2, 0.25) is 5.91 Å². The van der Waals surface area contributed by atoms with Crippen LogP contribution in [0.15, 0.2) is 44.7 Å². The van der Waals surface area contributed by atoms with Gasteiger partial charge in [-0.25, -0.2) is 0 Å². The van der Waals surface area contributed by atoms with E-state index in [9.17, 15) is 4.79 Å². The first-order valence-corrected chi connectivity index (χ1v) is 9.30. The average Bonchev–Trinajstić information content (AvgIpc) is 3.25. The molecule has 5 nitrogen and oxygen atoms in total. The molecule has 3 heterocycles. The van der Waals surface area contributed by atoms with Gasteiger partial charge in [-0.15, -0.1) is 32.9 Å². The Bertz CT molecular complexity index is 722. The molecule has 0 bridgehead atoms. The number of thiophene rings is 2. The maximum Gasteiger partial charge on any atom is 0.277 e. The summed E-state index contributed by atoms with van der Waals surface area (Å²) in [5.74, 6) is 0.688. The standard InChI is InChI=1S/C14H13N3O2S3/c1-9(10-4-2-6-20-10)15-12(18)8-22-14-17-16-13(19-14)11-5-3-7-21-11/h2-7,9H,8H2,1H3,(H,15,18)/t9-/m1/s1. The van der Waals surface area contributed by atoms with Crippen molar-refractivity contribution in [2.24, 2.45) is 0 Å². The number of amides is 1. The SMILES string of the molecule is C[C@@H](NC(=O)CSc1nnc(-c2cccs2)o1)c1cccs1. The topological polar surface area (TPSA) is 68.0 Å². The van der Waals surface area contributed by atoms with Crippen LogP contribution in [0.1, 0.15) is 17.8 Å². The van der Waals surface area contributed by atoms with Gasteiger partial charge in [-0.05, 0) is 29.8 Å². The number of nitrogens with one attached hydrogen (secondary N) is 1. The van der Waals surface area contributed by atoms with E-state index in [1.54, 1.807) is 11.3 Å². The highest BCUT2D eigenvalue weighted by molar-refractivity contribution is 7.99. The molecule has 0 spiro atoms. The van der Waals surface area contributed by atoms with Gasteiger partial charge in [-0.1, -0.05) is 23.9 Å². The molecule has 0 radical (unpaired) electrons. The summed E-state index contributed by atoms with van der Waals surface area (Å²) in [7, 11) is 0. The third-order valence-corrected chi connectivity index (χ3v) is 5.54. The Morgan fingerprint density at radius 1 is 1.32 bits per heavy atom. The highest BCUT2D eigenvalue weighted by atomic mass is 32.2. The van der Waals surface area contributed by atoms with Crippen LogP contribution in [0.3, 0.4) is 0 Å². The lowest BCUT2D eigenvalue weighted by Crippen LogP contribution is -2.27. The summed E-state index contributed by atoms with van der Waals surface area (Å²) in [4.78, 5) is 14.0. The Hall–Kier alpha value is -1.64. The van der Waals surface area contributed by atoms with E-state index in [0.717, 1.165) is 9.75 Å². The van der Waals surface area contributed by atoms with Crippen molar-refractivity contribution in [3.05, 3.63) is 39.9 Å². The van der Waals surface area contributed by atoms with Gasteiger partial charge in [0.1, 0.15) is 0 Å². The van der Waals surface area contributed by atoms with E-state index in [1.165, 1.54) is 23.1 Å². The number of rotatable bonds is 6. The Morgan fingerprint density at radius 3 is 2.86 bits per heavy atom. The molecule has 0 aliphatic carbocycles. The van der Waals surface area contributed by atoms with Gasteiger partial charge < -0.3 is 9.73 Å². The molecule has 0 fully saturated rings. The fraction of sp³-hybridized carbons (Fsp3) is 0.214. The molecule has 22 heavy (non-hydrogen) atoms. The van der Waals surface area contributed by atoms with Crippen LogP contribution in [-0.2, 0) is 4.79 Å². The second-order valence-corrected chi connectivity index (χ2v) is 7.30. The summed E-state index contributed by atoms with van der Waals surface area (Å²) >= 11 is 4.41. The Morgan fingerprint density at radius 2 is 2.14 bits per heavy atom. The van der Waals surface area contributed by atoms with E-state index in [-0.39, 0.29) is 17.7 Å². The minimum absolute atomic E-state index is 0.0115. The van der Waals surface area contributed by atoms with Crippen molar-refractivity contribution < 1.29 is 9.21 Å². The lowest BCUT2D eigenvalue weighted by molar-refractivity contribution is -0.119. The number of nitrogens with zero attached hydrogens (tertiary/aromatic N) is 2. The molecule has 1 amide bonds. The summed E-state index contributed by atoms with van der Waals surface area (Å²) in [5, 5.41) is 15.2. The Balaban J connectivity index is 1.51. The van der Waals surface area contributed by atoms with Gasteiger partial charge in [0.05, 0.1) is 16.7 Å². The van der Waals surface area contributed by atoms with Crippen molar-refractivity contribution in [1.29, 1.82) is 0 Å². The van der Waals surface area contributed by atoms with Crippen LogP contribution in [0.2, 0.25) is 0 Å². The van der Waals surface area contributed by atoms with Crippen molar-refractivity contribution in [3.8, 4) is 10.8 Å². The third-order valence-electron chi connectivity index (χ3n) is 2.81. The maximum absolute atomic E-state index is 11.9. The predicted octanol–water partition coefficient (Wildman–Crippen LogP) is 3.83. The zero-order valence-electron chi connectivity index (χ0n) is 11.7. The fourth-order valence-electron chi connectivity index (χ4n) is 1.79. The number of hydrogen-bond acceptors (Lipinski definition) is 7. The minimum Gasteiger partial charge on any atom is -0.410 e. The normalized spacial score (nSPS) is 12.2. The van der Waals surface area contributed by atoms with E-state index >= 15 is 0 Å². The zero-order valence-corrected chi connectivity index (χ0v) is 14.1. The van der Waals surface area contributed by atoms with Crippen molar-refractivity contribution in [2.45, 2.75) is 18.2 Å². The van der Waals surface area contributed by atoms with Crippen molar-refractivity contribution in [3.63, 3.8) is 0 Å². The summed E-state index contributed by atoms with van der Waals surface area (Å²) in [6.07, 6.45) is 0. The number of carbonyl (C=O) groups is 1. The summed E-state index contributed by atoms with van der Waals surface area (Å²) < 4.78 is 5.53. The minimum atomic E-state index is -0.0539. The highest BCUT2D eigenvalue weighted by Gasteiger charge is 2.14. The molecule has 0 saturated heterocycles. The predicted molar refractivity (Wildman–Crippen MR) is 89.2 cm³/mol. The molecule has 0 unspecified atom stereocenters. The number of carbonyl (C=O) groups excluding carboxylic acids is 1. The number of hydrogen-bond donors (Lipinski definition) is 1. The molecule has 3 aromatic heterocycles. The van der Waals surface area contributed by atoms with E-state index < -0.39 is 0 Å². The third kappa shape index (κ3) is 3.76. The Kier molecular flexibility index (Phi) is 4.91. The zero-order chi connectivity index (χ0) is 15.4. The first-order valence-electron chi connectivity index (χ1n) is 6.55. The molecular weight excluding hydrogens is 338 g/mol. The van der Waals surface area contributed by atoms with E-state index in [1.807, 2.05) is 41.9 Å². The first kappa shape index (κ1) is 15.3. The van der Waals surface area contributed by atoms with E-state index in [4.69, 9.17) is 4.42 Å². The highest BCUT2D eigenvalue weighted by Crippen LogP contribution is 2.26. The monoisotopic (exact) mass is 351 g/mol. The molecule has 114 valence electrons. The summed E-state index contributed by atoms with van der Waals surface area (Å²) in [6, 6.07) is 7.84. The molecule has 8 heteroatoms. The molecule has 0 aromatic carbocycles. The molecule has 1 N–H and O–H groups in total. The molecule has 3 rings (SSSR count). The van der Waals surface area contributed by atoms with Crippen LogP contribution in [0.5, 0.6) is 0 Å². The number of aromatic nitrogens is 2. The first-order chi connectivity index (χ1) is 10.7. The van der Waals surface area contributed by atoms with Crippen LogP contribution in [0, 0.1) is 0 Å². The van der Waals surface area contributed by atoms with Crippen molar-refractivity contribution in [2.75, 3.05) is 5.75 Å². The molecule has 0 saturated carbocycles. The maximum atomic E-state index is 11.9. The fourth-order valence-corrected chi connectivity index (χ4v) is 3.74. The molecule has 1 atom stereocenters. The molecular formula is C14H13N3O2S3. The van der Waals surface area contributed by atoms with E-state index in [0.29, 0.717) is 11.1 Å². The van der Waals surface area contributed by atoms with Crippen molar-refractivity contribution >= 4 is 40.3 Å². The smallest absolute Gasteiger partial charge is 0.277 e. The van der Waals surface area contributed by atoms with Gasteiger partial charge >= 0.3 is 0 Å². The second-order valence-electron chi connectivity index (χ2n) is 4.44. The van der Waals surface area contributed by atoms with Gasteiger partial charge in [-0.3, -0.25) is 4.79 Å². The van der Waals surface area contributed by atoms with Crippen LogP contribution in [-0.4, -0.2) is 21.9 Å². The Labute approximate surface area is 139 Å². The van der Waals surface area contributed by atoms with Crippen LogP contribution >= 0.6 is 34.4 Å². The molecule has 0 aliphatic heterocycles. The van der Waals surface area contributed by atoms with Crippen LogP contribution in [0.4, 0.5) is 0 Å². The summed E-state index contributed by atoms with van der Waals surface area (Å²) in [6.45, 7) is 1.97. The van der Waals surface area contributed by atoms with Gasteiger partial charge in [0.25, 0.3) is 11.1 Å². The van der Waals surface area contributed by atoms with Gasteiger partial charge in [-0.2, -0.15) is 0 Å². The molecule has 3 aromatic rings. The second kappa shape index (κ2) is 7.08. The van der Waals surface area contributed by atoms with Crippen molar-refractivity contribution in [1.82, 2.24) is 15.5 Å². The van der Waals surface area contributed by atoms with Gasteiger partial charge in [0, 0.05) is 4.88 Å². The van der Waals surface area contributed by atoms with Crippen LogP contribution in [0.25, 0.3) is 10.8 Å². The average molecular weight is 351 g/mol. The van der Waals surface area contributed by atoms with E-state index in [2.05, 4.69) is 15.5 Å². The van der Waals surface area contributed by atoms with Crippen LogP contribution < -0.4 is 5.32 Å². The quantitative estimate of drug-likeness (QED) is 0.684. The lowest BCUT2D eigenvalue weighted by Gasteiger charge is -2.11. The largest absolute Gasteiger partial charge is 0.410 e. The van der Waals surface area contributed by atoms with Gasteiger partial charge in [0.15, 0.2) is 0 Å².